The van der Waals surface area contributed by atoms with E-state index in [4.69, 9.17) is 4.98 Å². The minimum Gasteiger partial charge on any atom is -0.369 e. The number of halogens is 2. The molecule has 1 aliphatic heterocycles. The van der Waals surface area contributed by atoms with Crippen molar-refractivity contribution in [3.05, 3.63) is 54.2 Å². The quantitative estimate of drug-likeness (QED) is 0.357. The van der Waals surface area contributed by atoms with Crippen molar-refractivity contribution in [2.45, 2.75) is 44.7 Å². The lowest BCUT2D eigenvalue weighted by molar-refractivity contribution is -0.125. The number of aromatic nitrogens is 2. The monoisotopic (exact) mass is 584 g/mol. The Kier molecular flexibility index (Phi) is 8.29. The van der Waals surface area contributed by atoms with E-state index in [0.717, 1.165) is 22.3 Å². The van der Waals surface area contributed by atoms with Crippen LogP contribution in [0, 0.1) is 29.0 Å². The van der Waals surface area contributed by atoms with Gasteiger partial charge < -0.3 is 4.90 Å². The molecule has 0 radical (unpaired) electrons. The number of sulfone groups is 1. The fraction of sp³-hybridized carbons (Fsp3) is 0.448. The molecule has 2 fully saturated rings. The van der Waals surface area contributed by atoms with Gasteiger partial charge in [0.2, 0.25) is 0 Å². The fourth-order valence-electron chi connectivity index (χ4n) is 5.54. The molecule has 7 nitrogen and oxygen atoms in total. The molecular weight excluding hydrogens is 554 g/mol. The Morgan fingerprint density at radius 2 is 1.90 bits per heavy atom. The summed E-state index contributed by atoms with van der Waals surface area (Å²) in [6.07, 6.45) is 2.47. The van der Waals surface area contributed by atoms with Gasteiger partial charge in [-0.05, 0) is 49.9 Å². The Morgan fingerprint density at radius 3 is 2.58 bits per heavy atom. The van der Waals surface area contributed by atoms with E-state index < -0.39 is 33.7 Å². The van der Waals surface area contributed by atoms with E-state index in [1.54, 1.807) is 13.1 Å². The maximum Gasteiger partial charge on any atom is 0.153 e. The predicted molar refractivity (Wildman–Crippen MR) is 151 cm³/mol. The number of alkyl halides is 1. The molecule has 1 aliphatic carbocycles. The number of rotatable bonds is 7. The maximum atomic E-state index is 14.6. The van der Waals surface area contributed by atoms with Crippen molar-refractivity contribution in [2.75, 3.05) is 29.5 Å². The smallest absolute Gasteiger partial charge is 0.153 e. The van der Waals surface area contributed by atoms with Crippen LogP contribution in [0.1, 0.15) is 44.2 Å². The van der Waals surface area contributed by atoms with Crippen LogP contribution in [0.5, 0.6) is 0 Å². The predicted octanol–water partition coefficient (Wildman–Crippen LogP) is 5.59. The van der Waals surface area contributed by atoms with Crippen molar-refractivity contribution in [1.29, 1.82) is 5.26 Å². The molecule has 3 aromatic rings. The number of nitriles is 1. The first-order chi connectivity index (χ1) is 19.1. The molecule has 2 aliphatic rings. The van der Waals surface area contributed by atoms with Gasteiger partial charge in [0.1, 0.15) is 22.8 Å². The van der Waals surface area contributed by atoms with Crippen molar-refractivity contribution in [3.63, 3.8) is 0 Å². The van der Waals surface area contributed by atoms with Crippen molar-refractivity contribution in [3.8, 4) is 27.1 Å². The van der Waals surface area contributed by atoms with E-state index >= 15 is 0 Å². The number of anilines is 1. The van der Waals surface area contributed by atoms with Crippen molar-refractivity contribution >= 4 is 32.6 Å². The first-order valence-corrected chi connectivity index (χ1v) is 16.0. The molecule has 5 rings (SSSR count). The molecule has 2 aromatic heterocycles. The number of carbonyl (C=O) groups is 1. The highest BCUT2D eigenvalue weighted by atomic mass is 32.2. The highest BCUT2D eigenvalue weighted by Crippen LogP contribution is 2.47. The second-order valence-electron chi connectivity index (χ2n) is 10.6. The van der Waals surface area contributed by atoms with E-state index in [1.165, 1.54) is 17.4 Å². The van der Waals surface area contributed by atoms with Crippen LogP contribution < -0.4 is 4.90 Å². The molecule has 4 atom stereocenters. The largest absolute Gasteiger partial charge is 0.369 e. The summed E-state index contributed by atoms with van der Waals surface area (Å²) in [5.41, 5.74) is 2.96. The van der Waals surface area contributed by atoms with E-state index in [2.05, 4.69) is 11.1 Å². The minimum atomic E-state index is -3.00. The molecule has 0 spiro atoms. The number of hydrogen-bond acceptors (Lipinski definition) is 8. The summed E-state index contributed by atoms with van der Waals surface area (Å²) >= 11 is 1.37. The molecule has 11 heteroatoms. The van der Waals surface area contributed by atoms with Gasteiger partial charge in [-0.15, -0.1) is 11.3 Å². The summed E-state index contributed by atoms with van der Waals surface area (Å²) in [6.45, 7) is 2.55. The van der Waals surface area contributed by atoms with Crippen molar-refractivity contribution in [1.82, 2.24) is 9.97 Å². The van der Waals surface area contributed by atoms with Gasteiger partial charge in [0.25, 0.3) is 0 Å². The third-order valence-corrected chi connectivity index (χ3v) is 10.5. The van der Waals surface area contributed by atoms with Gasteiger partial charge in [0, 0.05) is 48.8 Å². The number of pyridine rings is 1. The molecule has 0 amide bonds. The summed E-state index contributed by atoms with van der Waals surface area (Å²) in [7, 11) is -3.00. The summed E-state index contributed by atoms with van der Waals surface area (Å²) in [4.78, 5) is 25.0. The van der Waals surface area contributed by atoms with Crippen LogP contribution in [-0.4, -0.2) is 54.9 Å². The molecule has 1 aromatic carbocycles. The van der Waals surface area contributed by atoms with Gasteiger partial charge in [-0.25, -0.2) is 22.2 Å². The Morgan fingerprint density at radius 1 is 1.18 bits per heavy atom. The first kappa shape index (κ1) is 28.3. The van der Waals surface area contributed by atoms with Gasteiger partial charge in [-0.1, -0.05) is 12.1 Å². The van der Waals surface area contributed by atoms with E-state index in [9.17, 15) is 27.3 Å². The molecule has 0 N–H and O–H groups in total. The van der Waals surface area contributed by atoms with Crippen LogP contribution in [0.3, 0.4) is 0 Å². The second kappa shape index (κ2) is 11.7. The number of ketones is 1. The topological polar surface area (TPSA) is 104 Å². The number of Topliss-reactive ketones (excluding diaryl/α,β-unsaturated/α-hetero) is 1. The average molecular weight is 585 g/mol. The number of carbonyl (C=O) groups excluding carboxylic acids is 1. The molecule has 210 valence electrons. The van der Waals surface area contributed by atoms with Crippen LogP contribution in [0.25, 0.3) is 21.0 Å². The van der Waals surface area contributed by atoms with E-state index in [-0.39, 0.29) is 36.0 Å². The standard InChI is InChI=1S/C29H30F2N4O3S2/c1-18(15-32)12-26(36)25-14-21(30)4-7-24(25)27-28(39-29(34-27)20-13-22(31)17-33-16-20)19-2-5-23(6-3-19)35-8-10-40(37,38)11-9-35/h2-3,5-6,13,16-18,21,24-25H,4,7-12,14H2,1H3/t18?,21-,24+,25+/m0/s1. The molecule has 40 heavy (non-hydrogen) atoms. The number of thiazole rings is 1. The molecule has 1 unspecified atom stereocenters. The maximum absolute atomic E-state index is 14.6. The van der Waals surface area contributed by atoms with Gasteiger partial charge in [-0.3, -0.25) is 9.78 Å². The van der Waals surface area contributed by atoms with Gasteiger partial charge in [0.05, 0.1) is 40.3 Å². The zero-order chi connectivity index (χ0) is 28.4. The lowest BCUT2D eigenvalue weighted by atomic mass is 9.72. The van der Waals surface area contributed by atoms with Crippen LogP contribution in [0.2, 0.25) is 0 Å². The normalized spacial score (nSPS) is 23.4. The van der Waals surface area contributed by atoms with Gasteiger partial charge in [0.15, 0.2) is 9.84 Å². The third kappa shape index (κ3) is 6.23. The summed E-state index contributed by atoms with van der Waals surface area (Å²) in [5, 5.41) is 9.80. The zero-order valence-corrected chi connectivity index (χ0v) is 23.7. The Labute approximate surface area is 236 Å². The second-order valence-corrected chi connectivity index (χ2v) is 13.9. The summed E-state index contributed by atoms with van der Waals surface area (Å²) in [6, 6.07) is 11.2. The SMILES string of the molecule is CC(C#N)CC(=O)[C@@H]1C[C@@H](F)CC[C@H]1c1nc(-c2cncc(F)c2)sc1-c1ccc(N2CCS(=O)(=O)CC2)cc1. The lowest BCUT2D eigenvalue weighted by Gasteiger charge is -2.32. The molecule has 1 saturated carbocycles. The average Bonchev–Trinajstić information content (AvgIpc) is 3.38. The van der Waals surface area contributed by atoms with Crippen molar-refractivity contribution in [2.24, 2.45) is 11.8 Å². The first-order valence-electron chi connectivity index (χ1n) is 13.4. The molecular formula is C29H30F2N4O3S2. The van der Waals surface area contributed by atoms with E-state index in [1.807, 2.05) is 29.2 Å². The highest BCUT2D eigenvalue weighted by Gasteiger charge is 2.39. The lowest BCUT2D eigenvalue weighted by Crippen LogP contribution is -2.40. The summed E-state index contributed by atoms with van der Waals surface area (Å²) in [5.74, 6) is -1.78. The molecule has 0 bridgehead atoms. The summed E-state index contributed by atoms with van der Waals surface area (Å²) < 4.78 is 52.3. The van der Waals surface area contributed by atoms with E-state index in [0.29, 0.717) is 42.2 Å². The Hall–Kier alpha value is -3.23. The fourth-order valence-corrected chi connectivity index (χ4v) is 7.86. The van der Waals surface area contributed by atoms with Gasteiger partial charge >= 0.3 is 0 Å². The zero-order valence-electron chi connectivity index (χ0n) is 22.1. The molecule has 3 heterocycles. The van der Waals surface area contributed by atoms with Crippen LogP contribution in [-0.2, 0) is 14.6 Å². The number of benzene rings is 1. The highest BCUT2D eigenvalue weighted by molar-refractivity contribution is 7.91. The van der Waals surface area contributed by atoms with Gasteiger partial charge in [-0.2, -0.15) is 5.26 Å². The van der Waals surface area contributed by atoms with Crippen LogP contribution >= 0.6 is 11.3 Å². The number of hydrogen-bond donors (Lipinski definition) is 0. The Balaban J connectivity index is 1.53. The Bertz CT molecular complexity index is 1520. The third-order valence-electron chi connectivity index (χ3n) is 7.72. The number of nitrogens with zero attached hydrogens (tertiary/aromatic N) is 4. The van der Waals surface area contributed by atoms with Crippen LogP contribution in [0.15, 0.2) is 42.7 Å². The minimum absolute atomic E-state index is 0.0603. The van der Waals surface area contributed by atoms with Crippen molar-refractivity contribution < 1.29 is 22.0 Å². The molecule has 1 saturated heterocycles. The van der Waals surface area contributed by atoms with Crippen LogP contribution in [0.4, 0.5) is 14.5 Å².